The topological polar surface area (TPSA) is 115 Å². The number of nitrogens with one attached hydrogen (secondary N) is 1. The number of piperazine rings is 1. The van der Waals surface area contributed by atoms with E-state index < -0.39 is 6.04 Å². The summed E-state index contributed by atoms with van der Waals surface area (Å²) in [4.78, 5) is 21.2. The van der Waals surface area contributed by atoms with Gasteiger partial charge in [0, 0.05) is 48.3 Å². The van der Waals surface area contributed by atoms with E-state index in [0.717, 1.165) is 46.9 Å². The van der Waals surface area contributed by atoms with Crippen molar-refractivity contribution in [3.8, 4) is 11.5 Å². The smallest absolute Gasteiger partial charge is 0.253 e. The van der Waals surface area contributed by atoms with Gasteiger partial charge in [0.25, 0.3) is 5.56 Å². The van der Waals surface area contributed by atoms with Crippen LogP contribution >= 0.6 is 0 Å². The van der Waals surface area contributed by atoms with Crippen LogP contribution in [0.5, 0.6) is 11.5 Å². The zero-order valence-corrected chi connectivity index (χ0v) is 22.5. The summed E-state index contributed by atoms with van der Waals surface area (Å²) in [5.74, 6) is 2.89. The van der Waals surface area contributed by atoms with Crippen molar-refractivity contribution >= 4 is 16.6 Å². The highest BCUT2D eigenvalue weighted by Crippen LogP contribution is 2.30. The molecule has 0 saturated carbocycles. The molecular weight excluding hydrogens is 510 g/mol. The quantitative estimate of drug-likeness (QED) is 0.300. The third-order valence-electron chi connectivity index (χ3n) is 7.26. The standard InChI is InChI=1S/C29H31N7O4/c1-3-39-23-10-11-26-20(17-23)18-25(29(37)30-26)27(28-31-32-33-36(28)19-24-5-4-16-40-24)35-14-12-34(13-15-35)21-6-8-22(38-2)9-7-21/h4-11,16-18,27H,3,12-15,19H2,1-2H3,(H,30,37)/t27-/m0/s1. The molecule has 3 aromatic heterocycles. The molecule has 2 aromatic carbocycles. The highest BCUT2D eigenvalue weighted by atomic mass is 16.5. The van der Waals surface area contributed by atoms with Crippen molar-refractivity contribution in [1.82, 2.24) is 30.1 Å². The molecule has 0 radical (unpaired) electrons. The van der Waals surface area contributed by atoms with Crippen LogP contribution in [0.15, 0.2) is 76.1 Å². The maximum absolute atomic E-state index is 13.6. The normalized spacial score (nSPS) is 14.9. The van der Waals surface area contributed by atoms with E-state index in [-0.39, 0.29) is 5.56 Å². The van der Waals surface area contributed by atoms with Crippen LogP contribution in [-0.4, -0.2) is 70.0 Å². The summed E-state index contributed by atoms with van der Waals surface area (Å²) >= 11 is 0. The lowest BCUT2D eigenvalue weighted by Crippen LogP contribution is -2.49. The summed E-state index contributed by atoms with van der Waals surface area (Å²) in [5.41, 5.74) is 2.28. The van der Waals surface area contributed by atoms with Crippen molar-refractivity contribution in [2.24, 2.45) is 0 Å². The molecule has 1 aliphatic heterocycles. The number of aromatic amines is 1. The van der Waals surface area contributed by atoms with E-state index >= 15 is 0 Å². The molecule has 1 fully saturated rings. The van der Waals surface area contributed by atoms with Crippen molar-refractivity contribution in [2.45, 2.75) is 19.5 Å². The molecule has 6 rings (SSSR count). The van der Waals surface area contributed by atoms with Gasteiger partial charge in [-0.2, -0.15) is 0 Å². The summed E-state index contributed by atoms with van der Waals surface area (Å²) in [6.07, 6.45) is 1.62. The first kappa shape index (κ1) is 25.6. The minimum Gasteiger partial charge on any atom is -0.497 e. The summed E-state index contributed by atoms with van der Waals surface area (Å²) < 4.78 is 18.3. The molecule has 0 unspecified atom stereocenters. The van der Waals surface area contributed by atoms with Crippen LogP contribution in [0, 0.1) is 0 Å². The van der Waals surface area contributed by atoms with Gasteiger partial charge in [-0.1, -0.05) is 0 Å². The molecule has 11 nitrogen and oxygen atoms in total. The van der Waals surface area contributed by atoms with Gasteiger partial charge in [0.2, 0.25) is 0 Å². The predicted octanol–water partition coefficient (Wildman–Crippen LogP) is 3.47. The summed E-state index contributed by atoms with van der Waals surface area (Å²) in [5, 5.41) is 13.6. The summed E-state index contributed by atoms with van der Waals surface area (Å²) in [6.45, 7) is 5.84. The molecule has 1 saturated heterocycles. The second kappa shape index (κ2) is 11.2. The predicted molar refractivity (Wildman–Crippen MR) is 150 cm³/mol. The van der Waals surface area contributed by atoms with E-state index in [1.807, 2.05) is 55.5 Å². The number of benzene rings is 2. The number of hydrogen-bond acceptors (Lipinski definition) is 9. The molecular formula is C29H31N7O4. The number of tetrazole rings is 1. The van der Waals surface area contributed by atoms with Crippen molar-refractivity contribution in [3.05, 3.63) is 94.4 Å². The van der Waals surface area contributed by atoms with Gasteiger partial charge in [-0.15, -0.1) is 5.10 Å². The number of rotatable bonds is 9. The maximum atomic E-state index is 13.6. The van der Waals surface area contributed by atoms with Crippen molar-refractivity contribution in [1.29, 1.82) is 0 Å². The van der Waals surface area contributed by atoms with Crippen molar-refractivity contribution in [2.75, 3.05) is 44.8 Å². The van der Waals surface area contributed by atoms with Gasteiger partial charge in [0.05, 0.1) is 20.0 Å². The second-order valence-electron chi connectivity index (χ2n) is 9.63. The number of hydrogen-bond donors (Lipinski definition) is 1. The molecule has 1 atom stereocenters. The minimum atomic E-state index is -0.466. The van der Waals surface area contributed by atoms with Crippen LogP contribution in [0.3, 0.4) is 0 Å². The number of furan rings is 1. The van der Waals surface area contributed by atoms with Gasteiger partial charge in [0.1, 0.15) is 29.8 Å². The lowest BCUT2D eigenvalue weighted by atomic mass is 10.0. The number of H-pyrrole nitrogens is 1. The van der Waals surface area contributed by atoms with E-state index in [4.69, 9.17) is 13.9 Å². The van der Waals surface area contributed by atoms with Crippen LogP contribution in [0.1, 0.15) is 30.1 Å². The van der Waals surface area contributed by atoms with Crippen LogP contribution in [0.25, 0.3) is 10.9 Å². The first-order valence-corrected chi connectivity index (χ1v) is 13.3. The Labute approximate surface area is 230 Å². The Morgan fingerprint density at radius 2 is 1.82 bits per heavy atom. The Hall–Kier alpha value is -4.64. The Kier molecular flexibility index (Phi) is 7.19. The van der Waals surface area contributed by atoms with Crippen LogP contribution in [0.4, 0.5) is 5.69 Å². The maximum Gasteiger partial charge on any atom is 0.253 e. The largest absolute Gasteiger partial charge is 0.497 e. The molecule has 0 bridgehead atoms. The van der Waals surface area contributed by atoms with Gasteiger partial charge in [-0.05, 0) is 78.0 Å². The molecule has 5 aromatic rings. The molecule has 1 N–H and O–H groups in total. The Morgan fingerprint density at radius 3 is 2.55 bits per heavy atom. The number of aromatic nitrogens is 5. The Bertz CT molecular complexity index is 1620. The van der Waals surface area contributed by atoms with Gasteiger partial charge in [-0.3, -0.25) is 9.69 Å². The fourth-order valence-corrected chi connectivity index (χ4v) is 5.26. The molecule has 206 valence electrons. The number of fused-ring (bicyclic) bond motifs is 1. The van der Waals surface area contributed by atoms with Gasteiger partial charge in [-0.25, -0.2) is 4.68 Å². The zero-order valence-electron chi connectivity index (χ0n) is 22.5. The van der Waals surface area contributed by atoms with Crippen LogP contribution in [0.2, 0.25) is 0 Å². The number of ether oxygens (including phenoxy) is 2. The summed E-state index contributed by atoms with van der Waals surface area (Å²) in [6, 6.07) is 18.9. The Balaban J connectivity index is 1.36. The third kappa shape index (κ3) is 5.15. The van der Waals surface area contributed by atoms with E-state index in [1.54, 1.807) is 18.1 Å². The molecule has 0 spiro atoms. The van der Waals surface area contributed by atoms with E-state index in [1.165, 1.54) is 0 Å². The van der Waals surface area contributed by atoms with Gasteiger partial charge in [0.15, 0.2) is 5.82 Å². The summed E-state index contributed by atoms with van der Waals surface area (Å²) in [7, 11) is 1.67. The monoisotopic (exact) mass is 541 g/mol. The SMILES string of the molecule is CCOc1ccc2[nH]c(=O)c([C@@H](c3nnnn3Cc3ccco3)N3CCN(c4ccc(OC)cc4)CC3)cc2c1. The van der Waals surface area contributed by atoms with E-state index in [2.05, 4.69) is 42.4 Å². The molecule has 1 aliphatic rings. The van der Waals surface area contributed by atoms with E-state index in [9.17, 15) is 4.79 Å². The number of nitrogens with zero attached hydrogens (tertiary/aromatic N) is 6. The fourth-order valence-electron chi connectivity index (χ4n) is 5.26. The molecule has 11 heteroatoms. The second-order valence-corrected chi connectivity index (χ2v) is 9.63. The zero-order chi connectivity index (χ0) is 27.5. The highest BCUT2D eigenvalue weighted by Gasteiger charge is 2.33. The average molecular weight is 542 g/mol. The lowest BCUT2D eigenvalue weighted by molar-refractivity contribution is 0.200. The average Bonchev–Trinajstić information content (AvgIpc) is 3.67. The van der Waals surface area contributed by atoms with Gasteiger partial charge >= 0.3 is 0 Å². The number of methoxy groups -OCH3 is 1. The van der Waals surface area contributed by atoms with Crippen molar-refractivity contribution in [3.63, 3.8) is 0 Å². The minimum absolute atomic E-state index is 0.174. The number of pyridine rings is 1. The number of anilines is 1. The van der Waals surface area contributed by atoms with Crippen LogP contribution < -0.4 is 19.9 Å². The fraction of sp³-hybridized carbons (Fsp3) is 0.310. The van der Waals surface area contributed by atoms with Crippen molar-refractivity contribution < 1.29 is 13.9 Å². The molecule has 0 amide bonds. The first-order chi connectivity index (χ1) is 19.6. The molecule has 0 aliphatic carbocycles. The van der Waals surface area contributed by atoms with Gasteiger partial charge < -0.3 is 23.8 Å². The van der Waals surface area contributed by atoms with E-state index in [0.29, 0.717) is 37.6 Å². The lowest BCUT2D eigenvalue weighted by Gasteiger charge is -2.39. The third-order valence-corrected chi connectivity index (χ3v) is 7.26. The Morgan fingerprint density at radius 1 is 1.02 bits per heavy atom. The first-order valence-electron chi connectivity index (χ1n) is 13.3. The molecule has 4 heterocycles. The molecule has 40 heavy (non-hydrogen) atoms. The highest BCUT2D eigenvalue weighted by molar-refractivity contribution is 5.80. The van der Waals surface area contributed by atoms with Crippen LogP contribution in [-0.2, 0) is 6.54 Å².